The second kappa shape index (κ2) is 7.76. The number of carbonyl (C=O) groups excluding carboxylic acids is 2. The predicted molar refractivity (Wildman–Crippen MR) is 114 cm³/mol. The standard InChI is InChI=1S/C24H17ClFNO3/c1-14-2-4-16(5-3-14)22(28)20-21(15-6-8-17(25)9-7-15)27(24(30)23(20)29)19-12-10-18(26)11-13-19/h2-13,21,28H,1H3/t21-/m1/s1. The third-order valence-electron chi connectivity index (χ3n) is 5.06. The van der Waals surface area contributed by atoms with Crippen LogP contribution in [0.25, 0.3) is 5.76 Å². The maximum Gasteiger partial charge on any atom is 0.300 e. The van der Waals surface area contributed by atoms with Gasteiger partial charge < -0.3 is 5.11 Å². The SMILES string of the molecule is Cc1ccc(C(O)=C2C(=O)C(=O)N(c3ccc(F)cc3)[C@@H]2c2ccc(Cl)cc2)cc1. The zero-order valence-electron chi connectivity index (χ0n) is 16.0. The molecule has 3 aromatic rings. The Morgan fingerprint density at radius 1 is 0.933 bits per heavy atom. The summed E-state index contributed by atoms with van der Waals surface area (Å²) in [5.41, 5.74) is 2.33. The monoisotopic (exact) mass is 421 g/mol. The quantitative estimate of drug-likeness (QED) is 0.349. The summed E-state index contributed by atoms with van der Waals surface area (Å²) in [4.78, 5) is 27.2. The van der Waals surface area contributed by atoms with Crippen molar-refractivity contribution >= 4 is 34.7 Å². The van der Waals surface area contributed by atoms with Gasteiger partial charge in [0.05, 0.1) is 11.6 Å². The Balaban J connectivity index is 1.93. The molecule has 0 spiro atoms. The third kappa shape index (κ3) is 3.48. The minimum Gasteiger partial charge on any atom is -0.507 e. The van der Waals surface area contributed by atoms with Crippen LogP contribution in [0, 0.1) is 12.7 Å². The Morgan fingerprint density at radius 3 is 2.13 bits per heavy atom. The van der Waals surface area contributed by atoms with Gasteiger partial charge in [-0.05, 0) is 48.9 Å². The lowest BCUT2D eigenvalue weighted by Gasteiger charge is -2.25. The fourth-order valence-electron chi connectivity index (χ4n) is 3.53. The summed E-state index contributed by atoms with van der Waals surface area (Å²) in [6.45, 7) is 1.91. The molecular formula is C24H17ClFNO3. The number of aliphatic hydroxyl groups excluding tert-OH is 1. The van der Waals surface area contributed by atoms with Crippen LogP contribution in [-0.4, -0.2) is 16.8 Å². The van der Waals surface area contributed by atoms with E-state index in [-0.39, 0.29) is 11.3 Å². The van der Waals surface area contributed by atoms with Crippen molar-refractivity contribution in [2.75, 3.05) is 4.90 Å². The van der Waals surface area contributed by atoms with Crippen LogP contribution >= 0.6 is 11.6 Å². The van der Waals surface area contributed by atoms with Gasteiger partial charge in [0.1, 0.15) is 11.6 Å². The molecule has 1 N–H and O–H groups in total. The van der Waals surface area contributed by atoms with Crippen molar-refractivity contribution in [1.29, 1.82) is 0 Å². The summed E-state index contributed by atoms with van der Waals surface area (Å²) >= 11 is 6.01. The fourth-order valence-corrected chi connectivity index (χ4v) is 3.65. The van der Waals surface area contributed by atoms with E-state index in [2.05, 4.69) is 0 Å². The highest BCUT2D eigenvalue weighted by molar-refractivity contribution is 6.51. The molecule has 30 heavy (non-hydrogen) atoms. The maximum absolute atomic E-state index is 13.4. The first-order valence-electron chi connectivity index (χ1n) is 9.26. The molecule has 4 rings (SSSR count). The topological polar surface area (TPSA) is 57.6 Å². The van der Waals surface area contributed by atoms with Crippen molar-refractivity contribution in [1.82, 2.24) is 0 Å². The molecule has 1 aliphatic rings. The van der Waals surface area contributed by atoms with Crippen molar-refractivity contribution in [2.45, 2.75) is 13.0 Å². The van der Waals surface area contributed by atoms with Gasteiger partial charge in [-0.3, -0.25) is 14.5 Å². The number of rotatable bonds is 3. The van der Waals surface area contributed by atoms with Crippen molar-refractivity contribution in [3.05, 3.63) is 106 Å². The molecule has 1 atom stereocenters. The Labute approximate surface area is 177 Å². The number of nitrogens with zero attached hydrogens (tertiary/aromatic N) is 1. The van der Waals surface area contributed by atoms with Crippen molar-refractivity contribution in [2.24, 2.45) is 0 Å². The number of amides is 1. The molecule has 0 saturated carbocycles. The van der Waals surface area contributed by atoms with Crippen molar-refractivity contribution < 1.29 is 19.1 Å². The van der Waals surface area contributed by atoms with Gasteiger partial charge in [-0.25, -0.2) is 4.39 Å². The number of ketones is 1. The number of aryl methyl sites for hydroxylation is 1. The highest BCUT2D eigenvalue weighted by atomic mass is 35.5. The average molecular weight is 422 g/mol. The Bertz CT molecular complexity index is 1150. The number of carbonyl (C=O) groups is 2. The van der Waals surface area contributed by atoms with Crippen LogP contribution in [0.15, 0.2) is 78.4 Å². The summed E-state index contributed by atoms with van der Waals surface area (Å²) in [6.07, 6.45) is 0. The van der Waals surface area contributed by atoms with Crippen LogP contribution < -0.4 is 4.90 Å². The number of hydrogen-bond acceptors (Lipinski definition) is 3. The first-order chi connectivity index (χ1) is 14.4. The van der Waals surface area contributed by atoms with Gasteiger partial charge in [-0.15, -0.1) is 0 Å². The van der Waals surface area contributed by atoms with Crippen LogP contribution in [0.1, 0.15) is 22.7 Å². The first-order valence-corrected chi connectivity index (χ1v) is 9.63. The molecule has 0 radical (unpaired) electrons. The molecule has 4 nitrogen and oxygen atoms in total. The fraction of sp³-hybridized carbons (Fsp3) is 0.0833. The van der Waals surface area contributed by atoms with Crippen LogP contribution in [0.2, 0.25) is 5.02 Å². The molecule has 6 heteroatoms. The zero-order valence-corrected chi connectivity index (χ0v) is 16.7. The number of anilines is 1. The van der Waals surface area contributed by atoms with Gasteiger partial charge >= 0.3 is 0 Å². The van der Waals surface area contributed by atoms with E-state index in [1.165, 1.54) is 29.2 Å². The number of benzene rings is 3. The van der Waals surface area contributed by atoms with E-state index in [0.29, 0.717) is 21.8 Å². The lowest BCUT2D eigenvalue weighted by Crippen LogP contribution is -2.29. The molecule has 0 aromatic heterocycles. The first kappa shape index (κ1) is 19.9. The van der Waals surface area contributed by atoms with Crippen LogP contribution in [-0.2, 0) is 9.59 Å². The second-order valence-electron chi connectivity index (χ2n) is 7.06. The largest absolute Gasteiger partial charge is 0.507 e. The van der Waals surface area contributed by atoms with Crippen LogP contribution in [0.4, 0.5) is 10.1 Å². The maximum atomic E-state index is 13.4. The molecule has 1 fully saturated rings. The van der Waals surface area contributed by atoms with E-state index in [1.807, 2.05) is 19.1 Å². The summed E-state index contributed by atoms with van der Waals surface area (Å²) in [6, 6.07) is 18.1. The van der Waals surface area contributed by atoms with E-state index in [1.54, 1.807) is 36.4 Å². The summed E-state index contributed by atoms with van der Waals surface area (Å²) in [7, 11) is 0. The van der Waals surface area contributed by atoms with E-state index >= 15 is 0 Å². The van der Waals surface area contributed by atoms with Crippen LogP contribution in [0.5, 0.6) is 0 Å². The van der Waals surface area contributed by atoms with Gasteiger partial charge in [0.2, 0.25) is 0 Å². The molecular weight excluding hydrogens is 405 g/mol. The number of aliphatic hydroxyl groups is 1. The van der Waals surface area contributed by atoms with Gasteiger partial charge in [0.25, 0.3) is 11.7 Å². The van der Waals surface area contributed by atoms with Gasteiger partial charge in [0, 0.05) is 16.3 Å². The van der Waals surface area contributed by atoms with Crippen LogP contribution in [0.3, 0.4) is 0 Å². The summed E-state index contributed by atoms with van der Waals surface area (Å²) in [5.74, 6) is -2.33. The highest BCUT2D eigenvalue weighted by Crippen LogP contribution is 2.42. The predicted octanol–water partition coefficient (Wildman–Crippen LogP) is 5.41. The molecule has 1 amide bonds. The number of hydrogen-bond donors (Lipinski definition) is 1. The average Bonchev–Trinajstić information content (AvgIpc) is 3.00. The van der Waals surface area contributed by atoms with E-state index < -0.39 is 23.5 Å². The lowest BCUT2D eigenvalue weighted by molar-refractivity contribution is -0.132. The lowest BCUT2D eigenvalue weighted by atomic mass is 9.95. The molecule has 1 aliphatic heterocycles. The summed E-state index contributed by atoms with van der Waals surface area (Å²) < 4.78 is 13.4. The van der Waals surface area contributed by atoms with E-state index in [9.17, 15) is 19.1 Å². The smallest absolute Gasteiger partial charge is 0.300 e. The van der Waals surface area contributed by atoms with Gasteiger partial charge in [0.15, 0.2) is 0 Å². The van der Waals surface area contributed by atoms with E-state index in [0.717, 1.165) is 5.56 Å². The molecule has 150 valence electrons. The van der Waals surface area contributed by atoms with Crippen molar-refractivity contribution in [3.63, 3.8) is 0 Å². The molecule has 0 unspecified atom stereocenters. The van der Waals surface area contributed by atoms with E-state index in [4.69, 9.17) is 11.6 Å². The highest BCUT2D eigenvalue weighted by Gasteiger charge is 2.46. The molecule has 1 saturated heterocycles. The molecule has 1 heterocycles. The Kier molecular flexibility index (Phi) is 5.14. The number of Topliss-reactive ketones (excluding diaryl/α,β-unsaturated/α-hetero) is 1. The van der Waals surface area contributed by atoms with Crippen molar-refractivity contribution in [3.8, 4) is 0 Å². The molecule has 3 aromatic carbocycles. The van der Waals surface area contributed by atoms with Gasteiger partial charge in [-0.2, -0.15) is 0 Å². The minimum atomic E-state index is -0.881. The number of halogens is 2. The Morgan fingerprint density at radius 2 is 1.53 bits per heavy atom. The zero-order chi connectivity index (χ0) is 21.4. The van der Waals surface area contributed by atoms with Gasteiger partial charge in [-0.1, -0.05) is 53.6 Å². The molecule has 0 bridgehead atoms. The summed E-state index contributed by atoms with van der Waals surface area (Å²) in [5, 5.41) is 11.5. The third-order valence-corrected chi connectivity index (χ3v) is 5.31. The second-order valence-corrected chi connectivity index (χ2v) is 7.50. The molecule has 0 aliphatic carbocycles. The minimum absolute atomic E-state index is 0.0319. The normalized spacial score (nSPS) is 18.1. The Hall–Kier alpha value is -3.44.